The molecule has 0 amide bonds. The lowest BCUT2D eigenvalue weighted by Gasteiger charge is -2.10. The van der Waals surface area contributed by atoms with E-state index in [4.69, 9.17) is 9.84 Å². The largest absolute Gasteiger partial charge is 0.457 e. The Kier molecular flexibility index (Phi) is 4.35. The highest BCUT2D eigenvalue weighted by molar-refractivity contribution is 9.10. The molecule has 0 saturated carbocycles. The molecule has 3 nitrogen and oxygen atoms in total. The van der Waals surface area contributed by atoms with Crippen molar-refractivity contribution in [1.82, 2.24) is 0 Å². The maximum Gasteiger partial charge on any atom is 0.163 e. The molecule has 0 saturated heterocycles. The minimum absolute atomic E-state index is 0.00411. The molecule has 0 spiro atoms. The van der Waals surface area contributed by atoms with Crippen LogP contribution in [0.1, 0.15) is 22.8 Å². The van der Waals surface area contributed by atoms with Gasteiger partial charge in [0.2, 0.25) is 0 Å². The molecule has 0 fully saturated rings. The van der Waals surface area contributed by atoms with Crippen LogP contribution in [0.2, 0.25) is 0 Å². The fourth-order valence-corrected chi connectivity index (χ4v) is 2.00. The molecule has 0 aromatic heterocycles. The van der Waals surface area contributed by atoms with Gasteiger partial charge in [-0.25, -0.2) is 0 Å². The van der Waals surface area contributed by atoms with E-state index in [0.717, 1.165) is 10.0 Å². The van der Waals surface area contributed by atoms with Crippen molar-refractivity contribution in [2.45, 2.75) is 13.5 Å². The number of aliphatic hydroxyl groups is 1. The van der Waals surface area contributed by atoms with Gasteiger partial charge in [0, 0.05) is 4.47 Å². The van der Waals surface area contributed by atoms with Gasteiger partial charge in [0.25, 0.3) is 0 Å². The second-order valence-electron chi connectivity index (χ2n) is 4.10. The molecule has 2 aromatic carbocycles. The monoisotopic (exact) mass is 320 g/mol. The second-order valence-corrected chi connectivity index (χ2v) is 5.02. The van der Waals surface area contributed by atoms with Gasteiger partial charge in [0.1, 0.15) is 11.5 Å². The van der Waals surface area contributed by atoms with Crippen LogP contribution in [0, 0.1) is 0 Å². The average Bonchev–Trinajstić information content (AvgIpc) is 2.39. The summed E-state index contributed by atoms with van der Waals surface area (Å²) in [6, 6.07) is 12.4. The maximum atomic E-state index is 11.5. The van der Waals surface area contributed by atoms with Crippen molar-refractivity contribution < 1.29 is 14.6 Å². The van der Waals surface area contributed by atoms with Crippen molar-refractivity contribution in [3.05, 3.63) is 58.1 Å². The first-order chi connectivity index (χ1) is 9.10. The van der Waals surface area contributed by atoms with E-state index in [1.807, 2.05) is 0 Å². The fraction of sp³-hybridized carbons (Fsp3) is 0.133. The molecule has 0 atom stereocenters. The summed E-state index contributed by atoms with van der Waals surface area (Å²) < 4.78 is 6.57. The van der Waals surface area contributed by atoms with Crippen molar-refractivity contribution in [2.24, 2.45) is 0 Å². The third-order valence-corrected chi connectivity index (χ3v) is 3.15. The van der Waals surface area contributed by atoms with E-state index < -0.39 is 0 Å². The molecule has 0 unspecified atom stereocenters. The van der Waals surface area contributed by atoms with Crippen molar-refractivity contribution in [3.8, 4) is 11.5 Å². The van der Waals surface area contributed by atoms with Crippen LogP contribution < -0.4 is 4.74 Å². The van der Waals surface area contributed by atoms with Gasteiger partial charge in [-0.2, -0.15) is 0 Å². The zero-order valence-electron chi connectivity index (χ0n) is 10.4. The lowest BCUT2D eigenvalue weighted by Crippen LogP contribution is -1.97. The lowest BCUT2D eigenvalue weighted by atomic mass is 10.1. The molecule has 1 N–H and O–H groups in total. The number of benzene rings is 2. The number of hydrogen-bond donors (Lipinski definition) is 1. The summed E-state index contributed by atoms with van der Waals surface area (Å²) in [5.74, 6) is 1.09. The standard InChI is InChI=1S/C15H13BrO3/c1-10(18)14-7-4-12(16)8-15(14)19-13-5-2-11(9-17)3-6-13/h2-8,17H,9H2,1H3. The molecule has 98 valence electrons. The normalized spacial score (nSPS) is 10.3. The smallest absolute Gasteiger partial charge is 0.163 e. The SMILES string of the molecule is CC(=O)c1ccc(Br)cc1Oc1ccc(CO)cc1. The molecule has 2 aromatic rings. The van der Waals surface area contributed by atoms with E-state index in [9.17, 15) is 4.79 Å². The van der Waals surface area contributed by atoms with Crippen LogP contribution >= 0.6 is 15.9 Å². The third kappa shape index (κ3) is 3.43. The number of ether oxygens (including phenoxy) is 1. The Bertz CT molecular complexity index is 591. The summed E-state index contributed by atoms with van der Waals surface area (Å²) in [6.07, 6.45) is 0. The van der Waals surface area contributed by atoms with E-state index in [-0.39, 0.29) is 12.4 Å². The van der Waals surface area contributed by atoms with Gasteiger partial charge >= 0.3 is 0 Å². The molecule has 0 aliphatic rings. The van der Waals surface area contributed by atoms with E-state index in [2.05, 4.69) is 15.9 Å². The highest BCUT2D eigenvalue weighted by Gasteiger charge is 2.10. The zero-order chi connectivity index (χ0) is 13.8. The summed E-state index contributed by atoms with van der Waals surface area (Å²) in [7, 11) is 0. The fourth-order valence-electron chi connectivity index (χ4n) is 1.66. The molecule has 0 radical (unpaired) electrons. The molecule has 2 rings (SSSR count). The molecule has 4 heteroatoms. The van der Waals surface area contributed by atoms with Crippen LogP contribution in [0.25, 0.3) is 0 Å². The first kappa shape index (κ1) is 13.8. The van der Waals surface area contributed by atoms with Gasteiger partial charge in [-0.1, -0.05) is 28.1 Å². The summed E-state index contributed by atoms with van der Waals surface area (Å²) in [6.45, 7) is 1.50. The highest BCUT2D eigenvalue weighted by atomic mass is 79.9. The topological polar surface area (TPSA) is 46.5 Å². The van der Waals surface area contributed by atoms with E-state index in [1.165, 1.54) is 6.92 Å². The summed E-state index contributed by atoms with van der Waals surface area (Å²) >= 11 is 3.36. The van der Waals surface area contributed by atoms with Crippen molar-refractivity contribution >= 4 is 21.7 Å². The summed E-state index contributed by atoms with van der Waals surface area (Å²) in [5, 5.41) is 8.98. The van der Waals surface area contributed by atoms with Gasteiger partial charge in [-0.05, 0) is 42.8 Å². The second kappa shape index (κ2) is 5.99. The van der Waals surface area contributed by atoms with E-state index >= 15 is 0 Å². The van der Waals surface area contributed by atoms with Gasteiger partial charge in [0.05, 0.1) is 12.2 Å². The van der Waals surface area contributed by atoms with Gasteiger partial charge in [0.15, 0.2) is 5.78 Å². The first-order valence-corrected chi connectivity index (χ1v) is 6.57. The molecule has 0 heterocycles. The highest BCUT2D eigenvalue weighted by Crippen LogP contribution is 2.29. The van der Waals surface area contributed by atoms with Gasteiger partial charge in [-0.3, -0.25) is 4.79 Å². The van der Waals surface area contributed by atoms with Gasteiger partial charge < -0.3 is 9.84 Å². The summed E-state index contributed by atoms with van der Waals surface area (Å²) in [5.41, 5.74) is 1.35. The van der Waals surface area contributed by atoms with Crippen molar-refractivity contribution in [3.63, 3.8) is 0 Å². The Morgan fingerprint density at radius 3 is 2.47 bits per heavy atom. The molecule has 0 bridgehead atoms. The van der Waals surface area contributed by atoms with E-state index in [1.54, 1.807) is 42.5 Å². The Hall–Kier alpha value is -1.65. The first-order valence-electron chi connectivity index (χ1n) is 5.78. The average molecular weight is 321 g/mol. The van der Waals surface area contributed by atoms with Crippen molar-refractivity contribution in [1.29, 1.82) is 0 Å². The molecule has 0 aliphatic heterocycles. The third-order valence-electron chi connectivity index (χ3n) is 2.66. The van der Waals surface area contributed by atoms with Crippen LogP contribution in [0.4, 0.5) is 0 Å². The number of aliphatic hydroxyl groups excluding tert-OH is 1. The maximum absolute atomic E-state index is 11.5. The lowest BCUT2D eigenvalue weighted by molar-refractivity contribution is 0.101. The Morgan fingerprint density at radius 1 is 1.21 bits per heavy atom. The Morgan fingerprint density at radius 2 is 1.89 bits per heavy atom. The molecular weight excluding hydrogens is 308 g/mol. The van der Waals surface area contributed by atoms with Crippen LogP contribution in [-0.4, -0.2) is 10.9 Å². The van der Waals surface area contributed by atoms with Crippen LogP contribution in [0.3, 0.4) is 0 Å². The number of Topliss-reactive ketones (excluding diaryl/α,β-unsaturated/α-hetero) is 1. The number of carbonyl (C=O) groups is 1. The number of ketones is 1. The minimum atomic E-state index is -0.0468. The number of hydrogen-bond acceptors (Lipinski definition) is 3. The van der Waals surface area contributed by atoms with Crippen LogP contribution in [0.15, 0.2) is 46.9 Å². The Labute approximate surface area is 120 Å². The van der Waals surface area contributed by atoms with Crippen LogP contribution in [-0.2, 0) is 6.61 Å². The summed E-state index contributed by atoms with van der Waals surface area (Å²) in [4.78, 5) is 11.5. The van der Waals surface area contributed by atoms with Crippen LogP contribution in [0.5, 0.6) is 11.5 Å². The predicted molar refractivity (Wildman–Crippen MR) is 76.6 cm³/mol. The number of halogens is 1. The Balaban J connectivity index is 2.31. The van der Waals surface area contributed by atoms with Gasteiger partial charge in [-0.15, -0.1) is 0 Å². The minimum Gasteiger partial charge on any atom is -0.457 e. The molecular formula is C15H13BrO3. The quantitative estimate of drug-likeness (QED) is 0.868. The molecule has 19 heavy (non-hydrogen) atoms. The van der Waals surface area contributed by atoms with E-state index in [0.29, 0.717) is 17.1 Å². The predicted octanol–water partition coefficient (Wildman–Crippen LogP) is 3.94. The number of carbonyl (C=O) groups excluding carboxylic acids is 1. The van der Waals surface area contributed by atoms with Crippen molar-refractivity contribution in [2.75, 3.05) is 0 Å². The molecule has 0 aliphatic carbocycles. The number of rotatable bonds is 4. The zero-order valence-corrected chi connectivity index (χ0v) is 12.0.